The fourth-order valence-corrected chi connectivity index (χ4v) is 2.64. The zero-order chi connectivity index (χ0) is 13.3. The number of hydrogen-bond donors (Lipinski definition) is 0. The van der Waals surface area contributed by atoms with Gasteiger partial charge in [-0.05, 0) is 51.8 Å². The first-order valence-corrected chi connectivity index (χ1v) is 7.05. The second-order valence-corrected chi connectivity index (χ2v) is 5.91. The lowest BCUT2D eigenvalue weighted by Crippen LogP contribution is -1.97. The van der Waals surface area contributed by atoms with Crippen LogP contribution in [0.3, 0.4) is 0 Å². The second-order valence-electron chi connectivity index (χ2n) is 3.70. The molecule has 0 radical (unpaired) electrons. The molecule has 5 heteroatoms. The molecule has 0 aliphatic heterocycles. The van der Waals surface area contributed by atoms with Crippen molar-refractivity contribution in [3.8, 4) is 0 Å². The molecule has 0 N–H and O–H groups in total. The Morgan fingerprint density at radius 1 is 0.944 bits per heavy atom. The van der Waals surface area contributed by atoms with E-state index in [0.29, 0.717) is 15.6 Å². The van der Waals surface area contributed by atoms with Gasteiger partial charge in [0, 0.05) is 10.0 Å². The average Bonchev–Trinajstić information content (AvgIpc) is 2.35. The fourth-order valence-electron chi connectivity index (χ4n) is 1.56. The molecule has 0 fully saturated rings. The Balaban J connectivity index is 2.44. The van der Waals surface area contributed by atoms with Crippen molar-refractivity contribution in [3.63, 3.8) is 0 Å². The van der Waals surface area contributed by atoms with Crippen molar-refractivity contribution in [1.29, 1.82) is 0 Å². The molecule has 18 heavy (non-hydrogen) atoms. The molecule has 0 bridgehead atoms. The largest absolute Gasteiger partial charge is 0.207 e. The van der Waals surface area contributed by atoms with Crippen LogP contribution in [0, 0.1) is 11.6 Å². The summed E-state index contributed by atoms with van der Waals surface area (Å²) in [5.41, 5.74) is 0.978. The fraction of sp³-hybridized carbons (Fsp3) is 0.0769. The molecule has 0 saturated heterocycles. The molecule has 94 valence electrons. The highest BCUT2D eigenvalue weighted by Crippen LogP contribution is 2.33. The van der Waals surface area contributed by atoms with E-state index in [1.54, 1.807) is 18.2 Å². The maximum Gasteiger partial charge on any atom is 0.137 e. The standard InChI is InChI=1S/C13H7Br2ClF2/c14-8-2-4-11(17)9(6-8)13(16)7-1-3-12(18)10(15)5-7/h1-6,13H. The van der Waals surface area contributed by atoms with Crippen LogP contribution in [0.2, 0.25) is 0 Å². The predicted molar refractivity (Wildman–Crippen MR) is 75.9 cm³/mol. The molecule has 0 aromatic heterocycles. The van der Waals surface area contributed by atoms with E-state index < -0.39 is 11.2 Å². The quantitative estimate of drug-likeness (QED) is 0.561. The normalized spacial score (nSPS) is 12.5. The van der Waals surface area contributed by atoms with Gasteiger partial charge in [-0.2, -0.15) is 0 Å². The highest BCUT2D eigenvalue weighted by molar-refractivity contribution is 9.10. The summed E-state index contributed by atoms with van der Waals surface area (Å²) in [5.74, 6) is -0.768. The number of alkyl halides is 1. The third kappa shape index (κ3) is 2.92. The van der Waals surface area contributed by atoms with Crippen molar-refractivity contribution < 1.29 is 8.78 Å². The Labute approximate surface area is 125 Å². The van der Waals surface area contributed by atoms with Gasteiger partial charge in [-0.1, -0.05) is 22.0 Å². The molecular formula is C13H7Br2ClF2. The van der Waals surface area contributed by atoms with E-state index in [1.165, 1.54) is 18.2 Å². The summed E-state index contributed by atoms with van der Waals surface area (Å²) in [4.78, 5) is 0. The SMILES string of the molecule is Fc1ccc(C(Cl)c2cc(Br)ccc2F)cc1Br. The van der Waals surface area contributed by atoms with Crippen molar-refractivity contribution >= 4 is 43.5 Å². The minimum absolute atomic E-state index is 0.307. The molecule has 1 atom stereocenters. The Kier molecular flexibility index (Phi) is 4.41. The van der Waals surface area contributed by atoms with Crippen LogP contribution in [0.1, 0.15) is 16.5 Å². The molecule has 0 saturated carbocycles. The van der Waals surface area contributed by atoms with Crippen molar-refractivity contribution in [2.75, 3.05) is 0 Å². The first-order chi connectivity index (χ1) is 8.49. The van der Waals surface area contributed by atoms with Gasteiger partial charge in [0.15, 0.2) is 0 Å². The number of hydrogen-bond acceptors (Lipinski definition) is 0. The van der Waals surface area contributed by atoms with Crippen molar-refractivity contribution in [1.82, 2.24) is 0 Å². The van der Waals surface area contributed by atoms with E-state index in [-0.39, 0.29) is 5.82 Å². The average molecular weight is 396 g/mol. The number of rotatable bonds is 2. The van der Waals surface area contributed by atoms with E-state index in [9.17, 15) is 8.78 Å². The molecule has 2 aromatic carbocycles. The highest BCUT2D eigenvalue weighted by Gasteiger charge is 2.16. The van der Waals surface area contributed by atoms with Crippen LogP contribution in [-0.4, -0.2) is 0 Å². The smallest absolute Gasteiger partial charge is 0.137 e. The summed E-state index contributed by atoms with van der Waals surface area (Å²) in [6, 6.07) is 8.94. The first-order valence-electron chi connectivity index (χ1n) is 5.03. The molecule has 0 amide bonds. The maximum absolute atomic E-state index is 13.7. The number of halogens is 5. The Morgan fingerprint density at radius 2 is 1.61 bits per heavy atom. The Morgan fingerprint density at radius 3 is 2.28 bits per heavy atom. The van der Waals surface area contributed by atoms with Gasteiger partial charge < -0.3 is 0 Å². The van der Waals surface area contributed by atoms with E-state index in [0.717, 1.165) is 4.47 Å². The second kappa shape index (κ2) is 5.68. The molecule has 1 unspecified atom stereocenters. The summed E-state index contributed by atoms with van der Waals surface area (Å²) < 4.78 is 27.9. The van der Waals surface area contributed by atoms with E-state index in [1.807, 2.05) is 0 Å². The molecule has 0 spiro atoms. The molecule has 0 heterocycles. The van der Waals surface area contributed by atoms with Crippen LogP contribution in [0.15, 0.2) is 45.3 Å². The molecule has 0 nitrogen and oxygen atoms in total. The minimum Gasteiger partial charge on any atom is -0.207 e. The van der Waals surface area contributed by atoms with Gasteiger partial charge in [0.2, 0.25) is 0 Å². The minimum atomic E-state index is -0.667. The molecule has 0 aliphatic rings. The van der Waals surface area contributed by atoms with Crippen molar-refractivity contribution in [2.45, 2.75) is 5.38 Å². The zero-order valence-corrected chi connectivity index (χ0v) is 12.9. The highest BCUT2D eigenvalue weighted by atomic mass is 79.9. The zero-order valence-electron chi connectivity index (χ0n) is 8.93. The maximum atomic E-state index is 13.7. The van der Waals surface area contributed by atoms with Crippen LogP contribution in [0.25, 0.3) is 0 Å². The van der Waals surface area contributed by atoms with Gasteiger partial charge in [-0.15, -0.1) is 11.6 Å². The summed E-state index contributed by atoms with van der Waals surface area (Å²) >= 11 is 12.6. The first kappa shape index (κ1) is 14.0. The van der Waals surface area contributed by atoms with Crippen LogP contribution >= 0.6 is 43.5 Å². The third-order valence-corrected chi connectivity index (χ3v) is 4.06. The molecule has 0 aliphatic carbocycles. The predicted octanol–water partition coefficient (Wildman–Crippen LogP) is 5.82. The summed E-state index contributed by atoms with van der Waals surface area (Å²) in [7, 11) is 0. The van der Waals surface area contributed by atoms with Crippen LogP contribution < -0.4 is 0 Å². The van der Waals surface area contributed by atoms with Gasteiger partial charge in [0.1, 0.15) is 11.6 Å². The Hall–Kier alpha value is -0.450. The third-order valence-electron chi connectivity index (χ3n) is 2.47. The molecule has 2 rings (SSSR count). The van der Waals surface area contributed by atoms with Gasteiger partial charge in [0.25, 0.3) is 0 Å². The van der Waals surface area contributed by atoms with E-state index in [2.05, 4.69) is 31.9 Å². The Bertz CT molecular complexity index is 587. The lowest BCUT2D eigenvalue weighted by atomic mass is 10.0. The van der Waals surface area contributed by atoms with Crippen molar-refractivity contribution in [2.24, 2.45) is 0 Å². The van der Waals surface area contributed by atoms with Crippen molar-refractivity contribution in [3.05, 3.63) is 68.1 Å². The van der Waals surface area contributed by atoms with E-state index >= 15 is 0 Å². The molecule has 2 aromatic rings. The topological polar surface area (TPSA) is 0 Å². The van der Waals surface area contributed by atoms with Gasteiger partial charge in [0.05, 0.1) is 9.85 Å². The van der Waals surface area contributed by atoms with Crippen LogP contribution in [0.5, 0.6) is 0 Å². The monoisotopic (exact) mass is 394 g/mol. The lowest BCUT2D eigenvalue weighted by molar-refractivity contribution is 0.610. The lowest BCUT2D eigenvalue weighted by Gasteiger charge is -2.12. The summed E-state index contributed by atoms with van der Waals surface area (Å²) in [6.07, 6.45) is 0. The van der Waals surface area contributed by atoms with Gasteiger partial charge in [-0.25, -0.2) is 8.78 Å². The number of benzene rings is 2. The van der Waals surface area contributed by atoms with Gasteiger partial charge in [-0.3, -0.25) is 0 Å². The van der Waals surface area contributed by atoms with Crippen LogP contribution in [0.4, 0.5) is 8.78 Å². The van der Waals surface area contributed by atoms with E-state index in [4.69, 9.17) is 11.6 Å². The van der Waals surface area contributed by atoms with Gasteiger partial charge >= 0.3 is 0 Å². The van der Waals surface area contributed by atoms with Crippen LogP contribution in [-0.2, 0) is 0 Å². The summed E-state index contributed by atoms with van der Waals surface area (Å²) in [5, 5.41) is -0.667. The summed E-state index contributed by atoms with van der Waals surface area (Å²) in [6.45, 7) is 0. The molecular weight excluding hydrogens is 389 g/mol.